The fourth-order valence-electron chi connectivity index (χ4n) is 4.08. The number of aryl methyl sites for hydroxylation is 2. The third-order valence-corrected chi connectivity index (χ3v) is 5.78. The second kappa shape index (κ2) is 7.19. The van der Waals surface area contributed by atoms with E-state index in [0.717, 1.165) is 13.3 Å². The number of anilines is 1. The second-order valence-corrected chi connectivity index (χ2v) is 7.87. The number of aliphatic hydroxyl groups is 1. The molecule has 4 N–H and O–H groups in total. The van der Waals surface area contributed by atoms with Crippen LogP contribution in [0.25, 0.3) is 27.8 Å². The van der Waals surface area contributed by atoms with Crippen LogP contribution in [0.5, 0.6) is 5.75 Å². The van der Waals surface area contributed by atoms with Crippen molar-refractivity contribution in [3.63, 3.8) is 0 Å². The third kappa shape index (κ3) is 3.06. The summed E-state index contributed by atoms with van der Waals surface area (Å²) in [5, 5.41) is 19.9. The number of rotatable bonds is 2. The quantitative estimate of drug-likeness (QED) is 0.361. The molecule has 0 saturated carbocycles. The van der Waals surface area contributed by atoms with Gasteiger partial charge in [-0.15, -0.1) is 0 Å². The number of phenols is 1. The molecule has 1 aromatic carbocycles. The van der Waals surface area contributed by atoms with Gasteiger partial charge in [0, 0.05) is 22.2 Å². The van der Waals surface area contributed by atoms with Gasteiger partial charge in [0.05, 0.1) is 11.1 Å². The van der Waals surface area contributed by atoms with Crippen LogP contribution >= 0.6 is 0 Å². The van der Waals surface area contributed by atoms with E-state index < -0.39 is 29.2 Å². The van der Waals surface area contributed by atoms with Crippen molar-refractivity contribution in [1.29, 1.82) is 0 Å². The molecule has 4 rings (SSSR count). The largest absolute Gasteiger partial charge is 0.508 e. The average molecular weight is 485 g/mol. The minimum Gasteiger partial charge on any atom is -0.508 e. The molecule has 0 unspecified atom stereocenters. The summed E-state index contributed by atoms with van der Waals surface area (Å²) < 4.78 is 83.0. The molecule has 0 fully saturated rings. The Kier molecular flexibility index (Phi) is 4.98. The molecule has 0 saturated heterocycles. The molecule has 0 radical (unpaired) electrons. The lowest BCUT2D eigenvalue weighted by Crippen LogP contribution is -2.54. The maximum absolute atomic E-state index is 13.6. The number of aromatic nitrogens is 4. The molecule has 7 nitrogen and oxygen atoms in total. The van der Waals surface area contributed by atoms with Crippen molar-refractivity contribution >= 4 is 27.9 Å². The molecule has 13 heteroatoms. The Morgan fingerprint density at radius 2 is 1.56 bits per heavy atom. The molecule has 180 valence electrons. The van der Waals surface area contributed by atoms with Crippen LogP contribution in [0.1, 0.15) is 22.4 Å². The van der Waals surface area contributed by atoms with Gasteiger partial charge >= 0.3 is 12.4 Å². The first-order valence-electron chi connectivity index (χ1n) is 9.69. The van der Waals surface area contributed by atoms with Crippen LogP contribution in [0, 0.1) is 20.8 Å². The summed E-state index contributed by atoms with van der Waals surface area (Å²) in [7, 11) is 0. The molecule has 0 amide bonds. The number of halogens is 6. The fourth-order valence-corrected chi connectivity index (χ4v) is 4.08. The van der Waals surface area contributed by atoms with Gasteiger partial charge in [-0.1, -0.05) is 6.07 Å². The number of nitrogen functional groups attached to an aromatic ring is 1. The Balaban J connectivity index is 2.23. The Labute approximate surface area is 187 Å². The lowest BCUT2D eigenvalue weighted by Gasteiger charge is -2.33. The van der Waals surface area contributed by atoms with Crippen LogP contribution in [0.2, 0.25) is 0 Å². The molecule has 3 aromatic heterocycles. The van der Waals surface area contributed by atoms with E-state index in [0.29, 0.717) is 22.9 Å². The molecule has 0 atom stereocenters. The third-order valence-electron chi connectivity index (χ3n) is 5.78. The first kappa shape index (κ1) is 23.5. The van der Waals surface area contributed by atoms with Crippen LogP contribution in [-0.4, -0.2) is 42.1 Å². The maximum atomic E-state index is 13.6. The van der Waals surface area contributed by atoms with Crippen molar-refractivity contribution in [3.05, 3.63) is 46.9 Å². The predicted octanol–water partition coefficient (Wildman–Crippen LogP) is 4.49. The van der Waals surface area contributed by atoms with Gasteiger partial charge in [-0.05, 0) is 38.5 Å². The summed E-state index contributed by atoms with van der Waals surface area (Å²) in [4.78, 5) is 12.0. The van der Waals surface area contributed by atoms with E-state index in [2.05, 4.69) is 15.0 Å². The normalized spacial score (nSPS) is 13.2. The highest BCUT2D eigenvalue weighted by molar-refractivity contribution is 6.11. The fraction of sp³-hybridized carbons (Fsp3) is 0.286. The number of aromatic hydroxyl groups is 1. The lowest BCUT2D eigenvalue weighted by molar-refractivity contribution is -0.376. The van der Waals surface area contributed by atoms with E-state index in [4.69, 9.17) is 5.73 Å². The van der Waals surface area contributed by atoms with Crippen molar-refractivity contribution in [1.82, 2.24) is 19.5 Å². The minimum absolute atomic E-state index is 0.0471. The lowest BCUT2D eigenvalue weighted by atomic mass is 9.90. The molecule has 0 aliphatic rings. The smallest absolute Gasteiger partial charge is 0.430 e. The van der Waals surface area contributed by atoms with E-state index in [1.54, 1.807) is 19.9 Å². The zero-order chi connectivity index (χ0) is 25.4. The summed E-state index contributed by atoms with van der Waals surface area (Å²) in [5.41, 5.74) is -0.144. The van der Waals surface area contributed by atoms with E-state index in [-0.39, 0.29) is 33.6 Å². The van der Waals surface area contributed by atoms with Crippen LogP contribution in [-0.2, 0) is 5.60 Å². The van der Waals surface area contributed by atoms with Crippen molar-refractivity contribution in [3.8, 4) is 11.4 Å². The Morgan fingerprint density at radius 3 is 2.15 bits per heavy atom. The standard InChI is InChI=1S/C21H17F6N5O2/c1-8-4-5-13(33)9(2)15(8)32-17-11(14-16(28)29-7-30-18(14)32)6-12(10(3)31-17)19(34,20(22,23)24)21(25,26)27/h4-7,33-34H,1-3H3,(H2,28,29,30). The molecular formula is C21H17F6N5O2. The number of nitrogens with zero attached hydrogens (tertiary/aromatic N) is 4. The van der Waals surface area contributed by atoms with E-state index in [1.807, 2.05) is 0 Å². The Morgan fingerprint density at radius 1 is 0.941 bits per heavy atom. The summed E-state index contributed by atoms with van der Waals surface area (Å²) in [6.45, 7) is 4.20. The number of hydrogen-bond acceptors (Lipinski definition) is 6. The van der Waals surface area contributed by atoms with Gasteiger partial charge in [-0.2, -0.15) is 26.3 Å². The second-order valence-electron chi connectivity index (χ2n) is 7.87. The van der Waals surface area contributed by atoms with Crippen molar-refractivity contribution < 1.29 is 36.6 Å². The molecule has 3 heterocycles. The first-order valence-corrected chi connectivity index (χ1v) is 9.69. The number of fused-ring (bicyclic) bond motifs is 3. The van der Waals surface area contributed by atoms with Crippen LogP contribution in [0.15, 0.2) is 24.5 Å². The zero-order valence-corrected chi connectivity index (χ0v) is 17.8. The van der Waals surface area contributed by atoms with Crippen LogP contribution in [0.4, 0.5) is 32.2 Å². The molecule has 0 spiro atoms. The number of hydrogen-bond donors (Lipinski definition) is 3. The van der Waals surface area contributed by atoms with Crippen molar-refractivity contribution in [2.24, 2.45) is 0 Å². The number of benzene rings is 1. The number of alkyl halides is 6. The Bertz CT molecular complexity index is 1440. The minimum atomic E-state index is -6.09. The summed E-state index contributed by atoms with van der Waals surface area (Å²) in [5.74, 6) is -0.321. The van der Waals surface area contributed by atoms with Gasteiger partial charge in [0.1, 0.15) is 23.5 Å². The van der Waals surface area contributed by atoms with Crippen LogP contribution < -0.4 is 5.73 Å². The van der Waals surface area contributed by atoms with E-state index in [9.17, 15) is 36.6 Å². The maximum Gasteiger partial charge on any atom is 0.430 e. The Hall–Kier alpha value is -3.61. The van der Waals surface area contributed by atoms with Crippen LogP contribution in [0.3, 0.4) is 0 Å². The van der Waals surface area contributed by atoms with Gasteiger partial charge in [0.2, 0.25) is 0 Å². The van der Waals surface area contributed by atoms with E-state index in [1.165, 1.54) is 10.6 Å². The van der Waals surface area contributed by atoms with Crippen molar-refractivity contribution in [2.45, 2.75) is 38.7 Å². The number of nitrogens with two attached hydrogens (primary N) is 1. The first-order chi connectivity index (χ1) is 15.6. The van der Waals surface area contributed by atoms with Crippen molar-refractivity contribution in [2.75, 3.05) is 5.73 Å². The number of pyridine rings is 1. The highest BCUT2D eigenvalue weighted by atomic mass is 19.4. The van der Waals surface area contributed by atoms with Gasteiger partial charge in [0.25, 0.3) is 5.60 Å². The zero-order valence-electron chi connectivity index (χ0n) is 17.8. The molecule has 0 aliphatic heterocycles. The summed E-state index contributed by atoms with van der Waals surface area (Å²) >= 11 is 0. The molecule has 4 aromatic rings. The van der Waals surface area contributed by atoms with Gasteiger partial charge in [-0.25, -0.2) is 15.0 Å². The molecule has 0 aliphatic carbocycles. The summed E-state index contributed by atoms with van der Waals surface area (Å²) in [6.07, 6.45) is -11.1. The molecular weight excluding hydrogens is 468 g/mol. The monoisotopic (exact) mass is 485 g/mol. The molecule has 0 bridgehead atoms. The predicted molar refractivity (Wildman–Crippen MR) is 110 cm³/mol. The number of phenolic OH excluding ortho intramolecular Hbond substituents is 1. The van der Waals surface area contributed by atoms with E-state index >= 15 is 0 Å². The van der Waals surface area contributed by atoms with Gasteiger partial charge in [0.15, 0.2) is 5.65 Å². The molecule has 34 heavy (non-hydrogen) atoms. The summed E-state index contributed by atoms with van der Waals surface area (Å²) in [6, 6.07) is 3.58. The highest BCUT2D eigenvalue weighted by Gasteiger charge is 2.72. The SMILES string of the molecule is Cc1ccc(O)c(C)c1-n1c2nc(C)c(C(O)(C(F)(F)F)C(F)(F)F)cc2c2c(N)ncnc21. The average Bonchev–Trinajstić information content (AvgIpc) is 3.03. The van der Waals surface area contributed by atoms with Gasteiger partial charge in [-0.3, -0.25) is 4.57 Å². The topological polar surface area (TPSA) is 110 Å². The van der Waals surface area contributed by atoms with Gasteiger partial charge < -0.3 is 15.9 Å². The highest BCUT2D eigenvalue weighted by Crippen LogP contribution is 2.51.